The monoisotopic (exact) mass is 428 g/mol. The molecule has 0 aliphatic carbocycles. The van der Waals surface area contributed by atoms with Crippen LogP contribution in [-0.2, 0) is 4.79 Å². The lowest BCUT2D eigenvalue weighted by atomic mass is 10.1. The third kappa shape index (κ3) is 4.40. The van der Waals surface area contributed by atoms with Crippen LogP contribution in [0, 0.1) is 11.3 Å². The highest BCUT2D eigenvalue weighted by Gasteiger charge is 2.19. The Balaban J connectivity index is 1.68. The van der Waals surface area contributed by atoms with Gasteiger partial charge in [-0.2, -0.15) is 5.26 Å². The molecule has 3 aromatic rings. The molecular weight excluding hydrogens is 415 g/mol. The van der Waals surface area contributed by atoms with Crippen molar-refractivity contribution in [2.24, 2.45) is 0 Å². The summed E-state index contributed by atoms with van der Waals surface area (Å²) < 4.78 is 0. The second-order valence-corrected chi connectivity index (χ2v) is 6.82. The summed E-state index contributed by atoms with van der Waals surface area (Å²) in [4.78, 5) is 39.8. The lowest BCUT2D eigenvalue weighted by Crippen LogP contribution is -2.39. The lowest BCUT2D eigenvalue weighted by Gasteiger charge is -2.14. The molecule has 9 heteroatoms. The van der Waals surface area contributed by atoms with Gasteiger partial charge in [0.1, 0.15) is 11.6 Å². The van der Waals surface area contributed by atoms with Crippen molar-refractivity contribution >= 4 is 45.9 Å². The minimum atomic E-state index is -1.05. The van der Waals surface area contributed by atoms with Crippen LogP contribution in [0.5, 0.6) is 0 Å². The molecular formula is C20H14Cl2N4O3. The van der Waals surface area contributed by atoms with Gasteiger partial charge in [0.15, 0.2) is 0 Å². The fraction of sp³-hybridized carbons (Fsp3) is 0.100. The largest absolute Gasteiger partial charge is 0.360 e. The molecule has 1 atom stereocenters. The molecule has 0 aliphatic heterocycles. The van der Waals surface area contributed by atoms with Gasteiger partial charge in [-0.3, -0.25) is 14.4 Å². The number of rotatable bonds is 5. The van der Waals surface area contributed by atoms with E-state index < -0.39 is 29.8 Å². The van der Waals surface area contributed by atoms with Crippen molar-refractivity contribution in [3.05, 3.63) is 80.1 Å². The van der Waals surface area contributed by atoms with E-state index in [4.69, 9.17) is 23.2 Å². The Bertz CT molecular complexity index is 1200. The maximum atomic E-state index is 12.4. The molecule has 0 fully saturated rings. The Hall–Kier alpha value is -3.34. The Morgan fingerprint density at radius 1 is 1.14 bits per heavy atom. The average Bonchev–Trinajstić information content (AvgIpc) is 2.73. The maximum Gasteiger partial charge on any atom is 0.257 e. The third-order valence-corrected chi connectivity index (χ3v) is 5.00. The summed E-state index contributed by atoms with van der Waals surface area (Å²) in [5, 5.41) is 14.9. The topological polar surface area (TPSA) is 115 Å². The van der Waals surface area contributed by atoms with E-state index in [1.54, 1.807) is 42.5 Å². The first kappa shape index (κ1) is 20.4. The van der Waals surface area contributed by atoms with Crippen molar-refractivity contribution in [3.8, 4) is 6.07 Å². The smallest absolute Gasteiger partial charge is 0.257 e. The zero-order chi connectivity index (χ0) is 21.0. The van der Waals surface area contributed by atoms with E-state index in [0.717, 1.165) is 0 Å². The second-order valence-electron chi connectivity index (χ2n) is 6.03. The van der Waals surface area contributed by atoms with Crippen molar-refractivity contribution in [2.75, 3.05) is 6.54 Å². The molecule has 2 aromatic carbocycles. The van der Waals surface area contributed by atoms with Crippen LogP contribution in [0.1, 0.15) is 22.0 Å². The van der Waals surface area contributed by atoms with Gasteiger partial charge in [0, 0.05) is 22.7 Å². The number of benzene rings is 2. The van der Waals surface area contributed by atoms with Crippen LogP contribution in [0.15, 0.2) is 53.5 Å². The standard InChI is InChI=1S/C20H14Cl2N4O3/c21-14-6-3-5-11(18(14)22)16(8-23)26-17(27)10-25-20(29)13-9-24-15-7-2-1-4-12(15)19(13)28/h1-7,9,16H,10H2,(H,24,28)(H,25,29)(H,26,27). The summed E-state index contributed by atoms with van der Waals surface area (Å²) in [7, 11) is 0. The predicted molar refractivity (Wildman–Crippen MR) is 110 cm³/mol. The Morgan fingerprint density at radius 2 is 1.90 bits per heavy atom. The summed E-state index contributed by atoms with van der Waals surface area (Å²) in [6, 6.07) is 12.4. The van der Waals surface area contributed by atoms with Crippen molar-refractivity contribution in [3.63, 3.8) is 0 Å². The number of para-hydroxylation sites is 1. The van der Waals surface area contributed by atoms with E-state index >= 15 is 0 Å². The maximum absolute atomic E-state index is 12.4. The molecule has 146 valence electrons. The molecule has 0 saturated carbocycles. The zero-order valence-corrected chi connectivity index (χ0v) is 16.3. The van der Waals surface area contributed by atoms with E-state index in [9.17, 15) is 19.6 Å². The number of hydrogen-bond donors (Lipinski definition) is 3. The molecule has 7 nitrogen and oxygen atoms in total. The number of carbonyl (C=O) groups excluding carboxylic acids is 2. The third-order valence-electron chi connectivity index (χ3n) is 4.17. The minimum Gasteiger partial charge on any atom is -0.360 e. The predicted octanol–water partition coefficient (Wildman–Crippen LogP) is 2.95. The van der Waals surface area contributed by atoms with E-state index in [2.05, 4.69) is 15.6 Å². The van der Waals surface area contributed by atoms with Crippen LogP contribution in [0.2, 0.25) is 10.0 Å². The molecule has 1 aromatic heterocycles. The van der Waals surface area contributed by atoms with Crippen molar-refractivity contribution in [1.82, 2.24) is 15.6 Å². The molecule has 0 spiro atoms. The fourth-order valence-electron chi connectivity index (χ4n) is 2.73. The number of halogens is 2. The van der Waals surface area contributed by atoms with Crippen LogP contribution in [0.25, 0.3) is 10.9 Å². The summed E-state index contributed by atoms with van der Waals surface area (Å²) >= 11 is 12.0. The quantitative estimate of drug-likeness (QED) is 0.579. The van der Waals surface area contributed by atoms with E-state index in [1.807, 2.05) is 6.07 Å². The number of hydrogen-bond acceptors (Lipinski definition) is 4. The van der Waals surface area contributed by atoms with Gasteiger partial charge >= 0.3 is 0 Å². The zero-order valence-electron chi connectivity index (χ0n) is 14.8. The molecule has 1 unspecified atom stereocenters. The molecule has 0 aliphatic rings. The van der Waals surface area contributed by atoms with Crippen LogP contribution < -0.4 is 16.1 Å². The Morgan fingerprint density at radius 3 is 2.66 bits per heavy atom. The van der Waals surface area contributed by atoms with Crippen LogP contribution in [-0.4, -0.2) is 23.3 Å². The highest BCUT2D eigenvalue weighted by atomic mass is 35.5. The molecule has 29 heavy (non-hydrogen) atoms. The number of fused-ring (bicyclic) bond motifs is 1. The molecule has 3 rings (SSSR count). The Labute approximate surface area is 175 Å². The van der Waals surface area contributed by atoms with Crippen LogP contribution in [0.4, 0.5) is 0 Å². The number of H-pyrrole nitrogens is 1. The van der Waals surface area contributed by atoms with Gasteiger partial charge in [0.25, 0.3) is 5.91 Å². The Kier molecular flexibility index (Phi) is 6.17. The molecule has 0 saturated heterocycles. The van der Waals surface area contributed by atoms with Crippen molar-refractivity contribution in [1.29, 1.82) is 5.26 Å². The number of nitrogens with one attached hydrogen (secondary N) is 3. The second kappa shape index (κ2) is 8.78. The average molecular weight is 429 g/mol. The summed E-state index contributed by atoms with van der Waals surface area (Å²) in [6.45, 7) is -0.429. The van der Waals surface area contributed by atoms with Gasteiger partial charge in [-0.15, -0.1) is 0 Å². The number of pyridine rings is 1. The first-order valence-corrected chi connectivity index (χ1v) is 9.19. The van der Waals surface area contributed by atoms with Gasteiger partial charge in [-0.05, 0) is 18.2 Å². The van der Waals surface area contributed by atoms with E-state index in [-0.39, 0.29) is 15.6 Å². The molecule has 1 heterocycles. The molecule has 2 amide bonds. The number of aromatic amines is 1. The highest BCUT2D eigenvalue weighted by molar-refractivity contribution is 6.42. The van der Waals surface area contributed by atoms with Crippen molar-refractivity contribution < 1.29 is 9.59 Å². The normalized spacial score (nSPS) is 11.5. The summed E-state index contributed by atoms with van der Waals surface area (Å²) in [5.74, 6) is -1.33. The van der Waals surface area contributed by atoms with Gasteiger partial charge in [-0.1, -0.05) is 47.5 Å². The number of nitriles is 1. The van der Waals surface area contributed by atoms with E-state index in [1.165, 1.54) is 6.20 Å². The van der Waals surface area contributed by atoms with Gasteiger partial charge in [0.05, 0.1) is 22.7 Å². The fourth-order valence-corrected chi connectivity index (χ4v) is 3.14. The number of amides is 2. The van der Waals surface area contributed by atoms with Gasteiger partial charge < -0.3 is 15.6 Å². The minimum absolute atomic E-state index is 0.119. The number of aromatic nitrogens is 1. The van der Waals surface area contributed by atoms with Gasteiger partial charge in [-0.25, -0.2) is 0 Å². The highest BCUT2D eigenvalue weighted by Crippen LogP contribution is 2.29. The number of carbonyl (C=O) groups is 2. The SMILES string of the molecule is N#CC(NC(=O)CNC(=O)c1c[nH]c2ccccc2c1=O)c1cccc(Cl)c1Cl. The summed E-state index contributed by atoms with van der Waals surface area (Å²) in [5.41, 5.74) is 0.374. The van der Waals surface area contributed by atoms with E-state index in [0.29, 0.717) is 16.5 Å². The first-order valence-electron chi connectivity index (χ1n) is 8.44. The molecule has 0 bridgehead atoms. The molecule has 0 radical (unpaired) electrons. The van der Waals surface area contributed by atoms with Crippen LogP contribution >= 0.6 is 23.2 Å². The van der Waals surface area contributed by atoms with Gasteiger partial charge in [0.2, 0.25) is 11.3 Å². The number of nitrogens with zero attached hydrogens (tertiary/aromatic N) is 1. The lowest BCUT2D eigenvalue weighted by molar-refractivity contribution is -0.120. The van der Waals surface area contributed by atoms with Crippen LogP contribution in [0.3, 0.4) is 0 Å². The first-order chi connectivity index (χ1) is 13.9. The molecule has 3 N–H and O–H groups in total. The van der Waals surface area contributed by atoms with Crippen molar-refractivity contribution in [2.45, 2.75) is 6.04 Å². The summed E-state index contributed by atoms with van der Waals surface area (Å²) in [6.07, 6.45) is 1.29.